The average Bonchev–Trinajstić information content (AvgIpc) is 2.73. The van der Waals surface area contributed by atoms with Crippen molar-refractivity contribution in [3.8, 4) is 0 Å². The number of guanidine groups is 1. The lowest BCUT2D eigenvalue weighted by molar-refractivity contribution is -0.385. The lowest BCUT2D eigenvalue weighted by Gasteiger charge is -2.10. The molecule has 0 radical (unpaired) electrons. The topological polar surface area (TPSA) is 79.6 Å². The average molecular weight is 248 g/mol. The third kappa shape index (κ3) is 2.58. The van der Waals surface area contributed by atoms with Crippen LogP contribution in [0.3, 0.4) is 0 Å². The van der Waals surface area contributed by atoms with Gasteiger partial charge in [-0.15, -0.1) is 0 Å². The number of nitrogens with zero attached hydrogens (tertiary/aromatic N) is 2. The Hall–Kier alpha value is -2.11. The fraction of sp³-hybridized carbons (Fsp3) is 0.417. The minimum Gasteiger partial charge on any atom is -0.352 e. The Bertz CT molecular complexity index is 499. The molecule has 0 spiro atoms. The molecule has 0 aliphatic carbocycles. The Kier molecular flexibility index (Phi) is 3.45. The molecule has 2 N–H and O–H groups in total. The van der Waals surface area contributed by atoms with Crippen LogP contribution in [0.5, 0.6) is 0 Å². The summed E-state index contributed by atoms with van der Waals surface area (Å²) in [6.45, 7) is 5.11. The summed E-state index contributed by atoms with van der Waals surface area (Å²) in [5.74, 6) is 0.758. The first-order valence-corrected chi connectivity index (χ1v) is 5.85. The molecule has 0 aromatic heterocycles. The van der Waals surface area contributed by atoms with Crippen molar-refractivity contribution in [1.29, 1.82) is 0 Å². The van der Waals surface area contributed by atoms with E-state index in [1.807, 2.05) is 6.07 Å². The van der Waals surface area contributed by atoms with E-state index in [1.54, 1.807) is 13.0 Å². The minimum absolute atomic E-state index is 0.156. The number of aliphatic imine (C=N–C) groups is 1. The second-order valence-electron chi connectivity index (χ2n) is 4.41. The van der Waals surface area contributed by atoms with Gasteiger partial charge in [0.25, 0.3) is 5.69 Å². The molecule has 0 amide bonds. The molecule has 0 bridgehead atoms. The molecule has 96 valence electrons. The van der Waals surface area contributed by atoms with Crippen LogP contribution in [0.15, 0.2) is 23.2 Å². The molecule has 0 saturated carbocycles. The molecule has 1 aromatic carbocycles. The molecule has 0 saturated heterocycles. The third-order valence-corrected chi connectivity index (χ3v) is 2.97. The molecule has 2 rings (SSSR count). The van der Waals surface area contributed by atoms with Crippen LogP contribution in [0.2, 0.25) is 0 Å². The number of hydrogen-bond donors (Lipinski definition) is 2. The molecule has 1 aliphatic rings. The highest BCUT2D eigenvalue weighted by molar-refractivity contribution is 5.81. The Morgan fingerprint density at radius 3 is 3.00 bits per heavy atom. The predicted octanol–water partition coefficient (Wildman–Crippen LogP) is 1.34. The van der Waals surface area contributed by atoms with Crippen molar-refractivity contribution in [2.75, 3.05) is 6.54 Å². The Labute approximate surface area is 105 Å². The van der Waals surface area contributed by atoms with E-state index in [1.165, 1.54) is 6.07 Å². The standard InChI is InChI=1S/C12H16N4O2/c1-8-6-13-12(15-8)14-7-10-4-3-5-11(9(10)2)16(17)18/h3-5,8H,6-7H2,1-2H3,(H2,13,14,15). The van der Waals surface area contributed by atoms with Crippen LogP contribution >= 0.6 is 0 Å². The van der Waals surface area contributed by atoms with Crippen molar-refractivity contribution < 1.29 is 4.92 Å². The van der Waals surface area contributed by atoms with Gasteiger partial charge in [-0.05, 0) is 19.4 Å². The van der Waals surface area contributed by atoms with Crippen molar-refractivity contribution in [3.05, 3.63) is 39.4 Å². The van der Waals surface area contributed by atoms with Crippen LogP contribution in [0.1, 0.15) is 18.1 Å². The van der Waals surface area contributed by atoms with Gasteiger partial charge < -0.3 is 10.6 Å². The molecule has 18 heavy (non-hydrogen) atoms. The largest absolute Gasteiger partial charge is 0.352 e. The zero-order valence-electron chi connectivity index (χ0n) is 10.4. The Morgan fingerprint density at radius 2 is 2.39 bits per heavy atom. The van der Waals surface area contributed by atoms with Crippen LogP contribution in [-0.2, 0) is 6.54 Å². The Balaban J connectivity index is 2.06. The van der Waals surface area contributed by atoms with Crippen LogP contribution in [0, 0.1) is 17.0 Å². The smallest absolute Gasteiger partial charge is 0.272 e. The normalized spacial score (nSPS) is 18.1. The maximum absolute atomic E-state index is 10.8. The van der Waals surface area contributed by atoms with Crippen LogP contribution in [0.25, 0.3) is 0 Å². The molecule has 1 aliphatic heterocycles. The molecule has 6 heteroatoms. The van der Waals surface area contributed by atoms with Crippen molar-refractivity contribution in [2.45, 2.75) is 26.4 Å². The van der Waals surface area contributed by atoms with Gasteiger partial charge >= 0.3 is 0 Å². The van der Waals surface area contributed by atoms with Crippen LogP contribution < -0.4 is 10.6 Å². The van der Waals surface area contributed by atoms with Crippen LogP contribution in [0.4, 0.5) is 5.69 Å². The number of hydrogen-bond acceptors (Lipinski definition) is 5. The maximum Gasteiger partial charge on any atom is 0.272 e. The third-order valence-electron chi connectivity index (χ3n) is 2.97. The summed E-state index contributed by atoms with van der Waals surface area (Å²) in [5, 5.41) is 17.2. The van der Waals surface area contributed by atoms with E-state index >= 15 is 0 Å². The highest BCUT2D eigenvalue weighted by atomic mass is 16.6. The second kappa shape index (κ2) is 5.03. The first kappa shape index (κ1) is 12.3. The quantitative estimate of drug-likeness (QED) is 0.625. The molecular formula is C12H16N4O2. The van der Waals surface area contributed by atoms with Gasteiger partial charge in [-0.3, -0.25) is 15.1 Å². The zero-order chi connectivity index (χ0) is 13.1. The predicted molar refractivity (Wildman–Crippen MR) is 69.6 cm³/mol. The lowest BCUT2D eigenvalue weighted by atomic mass is 10.1. The molecule has 1 heterocycles. The maximum atomic E-state index is 10.8. The van der Waals surface area contributed by atoms with Crippen molar-refractivity contribution in [3.63, 3.8) is 0 Å². The molecule has 1 unspecified atom stereocenters. The van der Waals surface area contributed by atoms with Gasteiger partial charge in [0.15, 0.2) is 5.96 Å². The molecule has 1 aromatic rings. The zero-order valence-corrected chi connectivity index (χ0v) is 10.4. The lowest BCUT2D eigenvalue weighted by Crippen LogP contribution is -2.37. The molecule has 1 atom stereocenters. The summed E-state index contributed by atoms with van der Waals surface area (Å²) < 4.78 is 0. The van der Waals surface area contributed by atoms with Gasteiger partial charge in [0.1, 0.15) is 0 Å². The second-order valence-corrected chi connectivity index (χ2v) is 4.41. The van der Waals surface area contributed by atoms with Crippen molar-refractivity contribution in [2.24, 2.45) is 4.99 Å². The van der Waals surface area contributed by atoms with E-state index in [-0.39, 0.29) is 10.6 Å². The summed E-state index contributed by atoms with van der Waals surface area (Å²) >= 11 is 0. The molecular weight excluding hydrogens is 232 g/mol. The highest BCUT2D eigenvalue weighted by Gasteiger charge is 2.15. The van der Waals surface area contributed by atoms with Crippen molar-refractivity contribution in [1.82, 2.24) is 10.6 Å². The van der Waals surface area contributed by atoms with Gasteiger partial charge in [-0.1, -0.05) is 12.1 Å². The number of nitrogens with one attached hydrogen (secondary N) is 2. The van der Waals surface area contributed by atoms with E-state index in [4.69, 9.17) is 0 Å². The fourth-order valence-electron chi connectivity index (χ4n) is 1.90. The van der Waals surface area contributed by atoms with E-state index in [0.717, 1.165) is 18.1 Å². The van der Waals surface area contributed by atoms with E-state index in [0.29, 0.717) is 18.2 Å². The molecule has 6 nitrogen and oxygen atoms in total. The summed E-state index contributed by atoms with van der Waals surface area (Å²) in [4.78, 5) is 14.8. The van der Waals surface area contributed by atoms with Gasteiger partial charge in [-0.2, -0.15) is 0 Å². The SMILES string of the molecule is Cc1c(CNC2=NCC(C)N2)cccc1[N+](=O)[O-]. The number of benzene rings is 1. The van der Waals surface area contributed by atoms with E-state index in [9.17, 15) is 10.1 Å². The van der Waals surface area contributed by atoms with Gasteiger partial charge in [0.05, 0.1) is 11.5 Å². The number of nitro benzene ring substituents is 1. The monoisotopic (exact) mass is 248 g/mol. The minimum atomic E-state index is -0.355. The number of nitro groups is 1. The van der Waals surface area contributed by atoms with Crippen LogP contribution in [-0.4, -0.2) is 23.5 Å². The highest BCUT2D eigenvalue weighted by Crippen LogP contribution is 2.20. The Morgan fingerprint density at radius 1 is 1.61 bits per heavy atom. The van der Waals surface area contributed by atoms with Gasteiger partial charge in [0, 0.05) is 24.2 Å². The first-order valence-electron chi connectivity index (χ1n) is 5.85. The van der Waals surface area contributed by atoms with E-state index < -0.39 is 0 Å². The van der Waals surface area contributed by atoms with E-state index in [2.05, 4.69) is 22.5 Å². The molecule has 0 fully saturated rings. The summed E-state index contributed by atoms with van der Waals surface area (Å²) in [7, 11) is 0. The van der Waals surface area contributed by atoms with Gasteiger partial charge in [-0.25, -0.2) is 0 Å². The number of rotatable bonds is 3. The fourth-order valence-corrected chi connectivity index (χ4v) is 1.90. The van der Waals surface area contributed by atoms with Crippen molar-refractivity contribution >= 4 is 11.6 Å². The summed E-state index contributed by atoms with van der Waals surface area (Å²) in [6, 6.07) is 5.45. The van der Waals surface area contributed by atoms with Gasteiger partial charge in [0.2, 0.25) is 0 Å². The summed E-state index contributed by atoms with van der Waals surface area (Å²) in [6.07, 6.45) is 0. The summed E-state index contributed by atoms with van der Waals surface area (Å²) in [5.41, 5.74) is 1.76. The first-order chi connectivity index (χ1) is 8.58.